The Labute approximate surface area is 229 Å². The largest absolute Gasteiger partial charge is 0.497 e. The lowest BCUT2D eigenvalue weighted by atomic mass is 10.0. The fourth-order valence-electron chi connectivity index (χ4n) is 4.86. The van der Waals surface area contributed by atoms with Crippen molar-refractivity contribution in [3.8, 4) is 11.5 Å². The Hall–Kier alpha value is -3.57. The summed E-state index contributed by atoms with van der Waals surface area (Å²) in [4.78, 5) is 26.5. The van der Waals surface area contributed by atoms with Crippen molar-refractivity contribution >= 4 is 32.7 Å². The van der Waals surface area contributed by atoms with Crippen LogP contribution in [0, 0.1) is 0 Å². The number of amides is 2. The molecule has 2 heterocycles. The van der Waals surface area contributed by atoms with E-state index in [1.807, 2.05) is 22.8 Å². The smallest absolute Gasteiger partial charge is 0.243 e. The fourth-order valence-corrected chi connectivity index (χ4v) is 6.26. The highest BCUT2D eigenvalue weighted by atomic mass is 32.2. The van der Waals surface area contributed by atoms with E-state index in [0.717, 1.165) is 22.2 Å². The Morgan fingerprint density at radius 2 is 1.69 bits per heavy atom. The molecule has 3 aromatic rings. The topological polar surface area (TPSA) is 110 Å². The Kier molecular flexibility index (Phi) is 8.81. The fraction of sp³-hybridized carbons (Fsp3) is 0.429. The van der Waals surface area contributed by atoms with Gasteiger partial charge in [0.2, 0.25) is 21.8 Å². The third kappa shape index (κ3) is 6.20. The van der Waals surface area contributed by atoms with Crippen LogP contribution in [0.4, 0.5) is 0 Å². The number of hydrogen-bond acceptors (Lipinski definition) is 6. The molecule has 0 unspecified atom stereocenters. The highest BCUT2D eigenvalue weighted by molar-refractivity contribution is 7.89. The van der Waals surface area contributed by atoms with E-state index >= 15 is 0 Å². The van der Waals surface area contributed by atoms with Gasteiger partial charge in [-0.1, -0.05) is 0 Å². The zero-order chi connectivity index (χ0) is 28.2. The van der Waals surface area contributed by atoms with E-state index in [0.29, 0.717) is 50.3 Å². The van der Waals surface area contributed by atoms with Crippen LogP contribution >= 0.6 is 0 Å². The first-order chi connectivity index (χ1) is 18.6. The molecule has 1 aromatic heterocycles. The van der Waals surface area contributed by atoms with Gasteiger partial charge in [0.15, 0.2) is 0 Å². The summed E-state index contributed by atoms with van der Waals surface area (Å²) in [5.41, 5.74) is 2.68. The molecule has 10 nitrogen and oxygen atoms in total. The molecule has 39 heavy (non-hydrogen) atoms. The van der Waals surface area contributed by atoms with Crippen LogP contribution in [-0.2, 0) is 39.1 Å². The van der Waals surface area contributed by atoms with Crippen LogP contribution in [0.1, 0.15) is 30.5 Å². The number of nitrogens with one attached hydrogen (secondary N) is 1. The molecule has 11 heteroatoms. The van der Waals surface area contributed by atoms with E-state index in [9.17, 15) is 18.0 Å². The van der Waals surface area contributed by atoms with Crippen LogP contribution in [0.25, 0.3) is 10.9 Å². The molecule has 0 saturated heterocycles. The van der Waals surface area contributed by atoms with Crippen molar-refractivity contribution < 1.29 is 27.5 Å². The quantitative estimate of drug-likeness (QED) is 0.364. The molecule has 1 N–H and O–H groups in total. The average Bonchev–Trinajstić information content (AvgIpc) is 3.24. The molecule has 4 rings (SSSR count). The number of carbonyl (C=O) groups is 2. The molecular weight excluding hydrogens is 520 g/mol. The third-order valence-corrected chi connectivity index (χ3v) is 8.93. The van der Waals surface area contributed by atoms with Crippen molar-refractivity contribution in [2.45, 2.75) is 43.7 Å². The van der Waals surface area contributed by atoms with Gasteiger partial charge in [-0.2, -0.15) is 4.31 Å². The molecule has 1 aliphatic rings. The number of aromatic nitrogens is 1. The first-order valence-electron chi connectivity index (χ1n) is 12.9. The lowest BCUT2D eigenvalue weighted by Crippen LogP contribution is -2.37. The van der Waals surface area contributed by atoms with Gasteiger partial charge in [0, 0.05) is 50.2 Å². The van der Waals surface area contributed by atoms with Crippen molar-refractivity contribution in [1.82, 2.24) is 19.1 Å². The average molecular weight is 557 g/mol. The minimum atomic E-state index is -3.75. The van der Waals surface area contributed by atoms with Crippen molar-refractivity contribution in [3.05, 3.63) is 53.7 Å². The molecule has 0 spiro atoms. The second-order valence-corrected chi connectivity index (χ2v) is 11.7. The van der Waals surface area contributed by atoms with Gasteiger partial charge >= 0.3 is 0 Å². The number of nitrogens with zero attached hydrogens (tertiary/aromatic N) is 3. The van der Waals surface area contributed by atoms with Crippen molar-refractivity contribution in [3.63, 3.8) is 0 Å². The van der Waals surface area contributed by atoms with Crippen LogP contribution in [0.2, 0.25) is 0 Å². The molecule has 2 amide bonds. The summed E-state index contributed by atoms with van der Waals surface area (Å²) in [6, 6.07) is 12.1. The van der Waals surface area contributed by atoms with E-state index in [4.69, 9.17) is 9.47 Å². The Bertz CT molecular complexity index is 1450. The second-order valence-electron chi connectivity index (χ2n) is 9.75. The van der Waals surface area contributed by atoms with E-state index in [-0.39, 0.29) is 29.8 Å². The molecular formula is C28H36N4O6S. The molecule has 0 atom stereocenters. The minimum absolute atomic E-state index is 0.0607. The summed E-state index contributed by atoms with van der Waals surface area (Å²) >= 11 is 0. The summed E-state index contributed by atoms with van der Waals surface area (Å²) in [5, 5.41) is 3.90. The summed E-state index contributed by atoms with van der Waals surface area (Å²) in [6.45, 7) is 1.01. The van der Waals surface area contributed by atoms with Gasteiger partial charge in [0.05, 0.1) is 25.7 Å². The first-order valence-corrected chi connectivity index (χ1v) is 14.4. The van der Waals surface area contributed by atoms with Crippen LogP contribution in [0.5, 0.6) is 11.5 Å². The normalized spacial score (nSPS) is 13.6. The number of ether oxygens (including phenoxy) is 2. The number of sulfonamides is 1. The molecule has 0 bridgehead atoms. The Morgan fingerprint density at radius 3 is 2.36 bits per heavy atom. The molecule has 0 aliphatic carbocycles. The highest BCUT2D eigenvalue weighted by Crippen LogP contribution is 2.35. The maximum atomic E-state index is 13.5. The number of carbonyl (C=O) groups excluding carboxylic acids is 2. The number of methoxy groups -OCH3 is 2. The van der Waals surface area contributed by atoms with Crippen LogP contribution in [0.3, 0.4) is 0 Å². The minimum Gasteiger partial charge on any atom is -0.497 e. The first kappa shape index (κ1) is 28.4. The van der Waals surface area contributed by atoms with Gasteiger partial charge in [-0.3, -0.25) is 9.59 Å². The van der Waals surface area contributed by atoms with Crippen LogP contribution in [0.15, 0.2) is 47.4 Å². The number of rotatable bonds is 11. The number of hydrogen-bond donors (Lipinski definition) is 1. The zero-order valence-electron chi connectivity index (χ0n) is 22.9. The summed E-state index contributed by atoms with van der Waals surface area (Å²) in [7, 11) is 2.84. The number of benzene rings is 2. The van der Waals surface area contributed by atoms with Crippen LogP contribution < -0.4 is 14.8 Å². The number of unbranched alkanes of at least 4 members (excludes halogenated alkanes) is 1. The SMILES string of the molecule is COc1ccc(S(=O)(=O)N2CCc3c(n(CC(=O)NCCCCC(=O)N(C)C)c4ccc(OC)cc34)C2)cc1. The maximum Gasteiger partial charge on any atom is 0.243 e. The van der Waals surface area contributed by atoms with Crippen molar-refractivity contribution in [2.24, 2.45) is 0 Å². The Morgan fingerprint density at radius 1 is 1.00 bits per heavy atom. The molecule has 0 radical (unpaired) electrons. The molecule has 2 aromatic carbocycles. The highest BCUT2D eigenvalue weighted by Gasteiger charge is 2.32. The predicted molar refractivity (Wildman–Crippen MR) is 148 cm³/mol. The predicted octanol–water partition coefficient (Wildman–Crippen LogP) is 2.78. The molecule has 0 fully saturated rings. The van der Waals surface area contributed by atoms with Crippen molar-refractivity contribution in [1.29, 1.82) is 0 Å². The molecule has 210 valence electrons. The van der Waals surface area contributed by atoms with E-state index in [1.165, 1.54) is 11.4 Å². The van der Waals surface area contributed by atoms with Gasteiger partial charge in [0.1, 0.15) is 18.0 Å². The lowest BCUT2D eigenvalue weighted by molar-refractivity contribution is -0.128. The van der Waals surface area contributed by atoms with E-state index in [1.54, 1.807) is 50.4 Å². The number of fused-ring (bicyclic) bond motifs is 3. The summed E-state index contributed by atoms with van der Waals surface area (Å²) in [5.74, 6) is 1.18. The molecule has 1 aliphatic heterocycles. The van der Waals surface area contributed by atoms with E-state index in [2.05, 4.69) is 5.32 Å². The zero-order valence-corrected chi connectivity index (χ0v) is 23.7. The monoisotopic (exact) mass is 556 g/mol. The van der Waals surface area contributed by atoms with Gasteiger partial charge < -0.3 is 24.3 Å². The lowest BCUT2D eigenvalue weighted by Gasteiger charge is -2.28. The third-order valence-electron chi connectivity index (χ3n) is 7.07. The van der Waals surface area contributed by atoms with E-state index < -0.39 is 10.0 Å². The summed E-state index contributed by atoms with van der Waals surface area (Å²) in [6.07, 6.45) is 2.35. The molecule has 0 saturated carbocycles. The van der Waals surface area contributed by atoms with Gasteiger partial charge in [0.25, 0.3) is 0 Å². The summed E-state index contributed by atoms with van der Waals surface area (Å²) < 4.78 is 40.9. The Balaban J connectivity index is 1.55. The van der Waals surface area contributed by atoms with Gasteiger partial charge in [-0.15, -0.1) is 0 Å². The van der Waals surface area contributed by atoms with Gasteiger partial charge in [-0.25, -0.2) is 8.42 Å². The second kappa shape index (κ2) is 12.1. The standard InChI is InChI=1S/C28H36N4O6S/c1-30(2)28(34)7-5-6-15-29-27(33)19-32-25-13-10-21(38-4)17-24(25)23-14-16-31(18-26(23)32)39(35,36)22-11-8-20(37-3)9-12-22/h8-13,17H,5-7,14-16,18-19H2,1-4H3,(H,29,33). The maximum absolute atomic E-state index is 13.5. The van der Waals surface area contributed by atoms with Crippen LogP contribution in [-0.4, -0.2) is 75.4 Å². The van der Waals surface area contributed by atoms with Gasteiger partial charge in [-0.05, 0) is 67.3 Å². The van der Waals surface area contributed by atoms with Crippen molar-refractivity contribution in [2.75, 3.05) is 41.4 Å².